The molecule has 0 unspecified atom stereocenters. The van der Waals surface area contributed by atoms with Crippen LogP contribution in [0.25, 0.3) is 33.6 Å². The van der Waals surface area contributed by atoms with Crippen molar-refractivity contribution in [2.24, 2.45) is 0 Å². The Morgan fingerprint density at radius 2 is 1.84 bits per heavy atom. The Bertz CT molecular complexity index is 1260. The van der Waals surface area contributed by atoms with E-state index in [4.69, 9.17) is 0 Å². The molecule has 0 aliphatic carbocycles. The third-order valence-corrected chi connectivity index (χ3v) is 5.01. The Hall–Kier alpha value is -3.47. The standard InChI is InChI=1S/C20H14N5/c1-2-4-15(5-3-1)25-19-17-11-22-8-9-23(17)13-18(19)24-12-14-6-7-21-10-16(14)20(24)25/h1-11,13H,12H2/q+1. The van der Waals surface area contributed by atoms with E-state index in [0.717, 1.165) is 17.7 Å². The van der Waals surface area contributed by atoms with Crippen LogP contribution in [0.4, 0.5) is 0 Å². The van der Waals surface area contributed by atoms with E-state index in [1.54, 1.807) is 0 Å². The summed E-state index contributed by atoms with van der Waals surface area (Å²) in [6.07, 6.45) is 11.8. The van der Waals surface area contributed by atoms with Crippen LogP contribution in [0.3, 0.4) is 0 Å². The summed E-state index contributed by atoms with van der Waals surface area (Å²) in [7, 11) is 0. The molecule has 25 heavy (non-hydrogen) atoms. The molecule has 0 amide bonds. The quantitative estimate of drug-likeness (QED) is 0.436. The summed E-state index contributed by atoms with van der Waals surface area (Å²) in [6.45, 7) is 0.869. The first-order valence-corrected chi connectivity index (χ1v) is 8.29. The number of rotatable bonds is 1. The van der Waals surface area contributed by atoms with E-state index in [2.05, 4.69) is 60.0 Å². The van der Waals surface area contributed by atoms with Gasteiger partial charge >= 0.3 is 0 Å². The molecule has 0 saturated heterocycles. The third kappa shape index (κ3) is 1.59. The van der Waals surface area contributed by atoms with Crippen molar-refractivity contribution in [2.45, 2.75) is 6.54 Å². The molecular weight excluding hydrogens is 310 g/mol. The number of imidazole rings is 1. The zero-order chi connectivity index (χ0) is 16.4. The molecule has 0 spiro atoms. The number of hydrogen-bond acceptors (Lipinski definition) is 2. The van der Waals surface area contributed by atoms with Crippen molar-refractivity contribution in [1.82, 2.24) is 18.9 Å². The van der Waals surface area contributed by atoms with Gasteiger partial charge in [0.05, 0.1) is 18.0 Å². The lowest BCUT2D eigenvalue weighted by molar-refractivity contribution is -0.645. The minimum Gasteiger partial charge on any atom is -0.313 e. The van der Waals surface area contributed by atoms with Crippen molar-refractivity contribution >= 4 is 16.6 Å². The van der Waals surface area contributed by atoms with Crippen molar-refractivity contribution in [3.05, 3.63) is 79.1 Å². The molecule has 0 radical (unpaired) electrons. The van der Waals surface area contributed by atoms with Crippen LogP contribution in [0.5, 0.6) is 0 Å². The number of pyridine rings is 1. The van der Waals surface area contributed by atoms with Crippen LogP contribution in [-0.2, 0) is 6.54 Å². The summed E-state index contributed by atoms with van der Waals surface area (Å²) in [4.78, 5) is 8.70. The van der Waals surface area contributed by atoms with Crippen molar-refractivity contribution < 1.29 is 4.57 Å². The zero-order valence-electron chi connectivity index (χ0n) is 13.4. The van der Waals surface area contributed by atoms with Gasteiger partial charge in [0, 0.05) is 30.4 Å². The van der Waals surface area contributed by atoms with Crippen LogP contribution in [0.1, 0.15) is 5.56 Å². The summed E-state index contributed by atoms with van der Waals surface area (Å²) < 4.78 is 6.85. The first-order chi connectivity index (χ1) is 12.4. The average molecular weight is 324 g/mol. The smallest absolute Gasteiger partial charge is 0.297 e. The van der Waals surface area contributed by atoms with Gasteiger partial charge < -0.3 is 4.40 Å². The monoisotopic (exact) mass is 324 g/mol. The van der Waals surface area contributed by atoms with E-state index in [0.29, 0.717) is 0 Å². The fraction of sp³-hybridized carbons (Fsp3) is 0.0500. The Morgan fingerprint density at radius 3 is 2.76 bits per heavy atom. The Labute approximate surface area is 143 Å². The van der Waals surface area contributed by atoms with Gasteiger partial charge in [-0.25, -0.2) is 4.57 Å². The van der Waals surface area contributed by atoms with Crippen LogP contribution in [0.2, 0.25) is 0 Å². The molecule has 118 valence electrons. The number of nitrogens with zero attached hydrogens (tertiary/aromatic N) is 5. The number of benzene rings is 1. The average Bonchev–Trinajstić information content (AvgIpc) is 3.30. The lowest BCUT2D eigenvalue weighted by Gasteiger charge is -2.02. The van der Waals surface area contributed by atoms with Gasteiger partial charge in [-0.3, -0.25) is 9.97 Å². The molecule has 5 nitrogen and oxygen atoms in total. The van der Waals surface area contributed by atoms with E-state index in [1.807, 2.05) is 37.1 Å². The number of hydrogen-bond donors (Lipinski definition) is 0. The molecule has 6 rings (SSSR count). The molecule has 4 aromatic heterocycles. The molecule has 1 aromatic carbocycles. The first kappa shape index (κ1) is 12.9. The maximum absolute atomic E-state index is 4.36. The molecule has 5 heterocycles. The fourth-order valence-corrected chi connectivity index (χ4v) is 3.95. The van der Waals surface area contributed by atoms with E-state index in [1.165, 1.54) is 28.0 Å². The van der Waals surface area contributed by atoms with E-state index in [-0.39, 0.29) is 0 Å². The second kappa shape index (κ2) is 4.54. The molecule has 0 N–H and O–H groups in total. The predicted octanol–water partition coefficient (Wildman–Crippen LogP) is 2.99. The Balaban J connectivity index is 1.84. The fourth-order valence-electron chi connectivity index (χ4n) is 3.95. The van der Waals surface area contributed by atoms with Crippen molar-refractivity contribution in [2.75, 3.05) is 0 Å². The number of fused-ring (bicyclic) bond motifs is 7. The molecule has 0 saturated carbocycles. The third-order valence-electron chi connectivity index (χ3n) is 5.01. The lowest BCUT2D eigenvalue weighted by atomic mass is 10.1. The SMILES string of the molecule is c1ccc(-n2c3[n+](c4cn5ccncc5c42)Cc2ccncc2-3)cc1. The van der Waals surface area contributed by atoms with Crippen LogP contribution in [0.15, 0.2) is 73.6 Å². The highest BCUT2D eigenvalue weighted by Gasteiger charge is 2.36. The first-order valence-electron chi connectivity index (χ1n) is 8.29. The minimum absolute atomic E-state index is 0.869. The summed E-state index contributed by atoms with van der Waals surface area (Å²) in [5.41, 5.74) is 7.16. The van der Waals surface area contributed by atoms with Gasteiger partial charge in [0.25, 0.3) is 5.82 Å². The maximum atomic E-state index is 4.36. The molecule has 0 fully saturated rings. The number of para-hydroxylation sites is 1. The van der Waals surface area contributed by atoms with Crippen LogP contribution >= 0.6 is 0 Å². The molecule has 5 aromatic rings. The van der Waals surface area contributed by atoms with Gasteiger partial charge in [-0.05, 0) is 18.2 Å². The van der Waals surface area contributed by atoms with Crippen molar-refractivity contribution in [3.8, 4) is 17.1 Å². The molecule has 0 bridgehead atoms. The highest BCUT2D eigenvalue weighted by atomic mass is 15.2. The van der Waals surface area contributed by atoms with Gasteiger partial charge in [0.1, 0.15) is 17.7 Å². The van der Waals surface area contributed by atoms with Gasteiger partial charge in [-0.1, -0.05) is 18.2 Å². The molecule has 1 aliphatic heterocycles. The molecule has 1 aliphatic rings. The minimum atomic E-state index is 0.869. The normalized spacial score (nSPS) is 12.6. The summed E-state index contributed by atoms with van der Waals surface area (Å²) >= 11 is 0. The highest BCUT2D eigenvalue weighted by Crippen LogP contribution is 2.35. The van der Waals surface area contributed by atoms with Crippen LogP contribution < -0.4 is 4.57 Å². The summed E-state index contributed by atoms with van der Waals surface area (Å²) in [5.74, 6) is 1.19. The highest BCUT2D eigenvalue weighted by molar-refractivity contribution is 5.94. The maximum Gasteiger partial charge on any atom is 0.297 e. The van der Waals surface area contributed by atoms with Crippen molar-refractivity contribution in [3.63, 3.8) is 0 Å². The van der Waals surface area contributed by atoms with E-state index >= 15 is 0 Å². The van der Waals surface area contributed by atoms with Gasteiger partial charge in [0.15, 0.2) is 5.52 Å². The zero-order valence-corrected chi connectivity index (χ0v) is 13.4. The topological polar surface area (TPSA) is 39.0 Å². The van der Waals surface area contributed by atoms with E-state index in [9.17, 15) is 0 Å². The van der Waals surface area contributed by atoms with Gasteiger partial charge in [-0.2, -0.15) is 4.57 Å². The van der Waals surface area contributed by atoms with Crippen LogP contribution in [-0.4, -0.2) is 18.9 Å². The summed E-state index contributed by atoms with van der Waals surface area (Å²) in [5, 5.41) is 0. The largest absolute Gasteiger partial charge is 0.313 e. The van der Waals surface area contributed by atoms with Gasteiger partial charge in [-0.15, -0.1) is 0 Å². The number of aromatic nitrogens is 5. The Kier molecular flexibility index (Phi) is 2.34. The Morgan fingerprint density at radius 1 is 0.960 bits per heavy atom. The molecule has 0 atom stereocenters. The molecule has 5 heteroatoms. The van der Waals surface area contributed by atoms with Crippen LogP contribution in [0, 0.1) is 0 Å². The second-order valence-corrected chi connectivity index (χ2v) is 6.35. The predicted molar refractivity (Wildman–Crippen MR) is 94.6 cm³/mol. The van der Waals surface area contributed by atoms with Gasteiger partial charge in [0.2, 0.25) is 5.52 Å². The molecular formula is C20H14N5+. The lowest BCUT2D eigenvalue weighted by Crippen LogP contribution is -2.31. The van der Waals surface area contributed by atoms with E-state index < -0.39 is 0 Å². The summed E-state index contributed by atoms with van der Waals surface area (Å²) in [6, 6.07) is 12.6. The van der Waals surface area contributed by atoms with Crippen molar-refractivity contribution in [1.29, 1.82) is 0 Å². The second-order valence-electron chi connectivity index (χ2n) is 6.35.